The third kappa shape index (κ3) is 5.29. The minimum atomic E-state index is -3.78. The molecule has 0 unspecified atom stereocenters. The Morgan fingerprint density at radius 2 is 1.89 bits per heavy atom. The van der Waals surface area contributed by atoms with Crippen molar-refractivity contribution in [3.8, 4) is 5.75 Å². The third-order valence-corrected chi connectivity index (χ3v) is 5.58. The standard InChI is InChI=1S/C19H24N2O5S/c1-20-27(24,25)18-13-15(10-11-17(18)26-2)19(23)21-16(9-6-12-22)14-7-4-3-5-8-14/h3-5,7-8,10-11,13,16,20,22H,6,9,12H2,1-2H3,(H,21,23)/t16-/m0/s1. The van der Waals surface area contributed by atoms with Crippen molar-refractivity contribution in [2.45, 2.75) is 23.8 Å². The van der Waals surface area contributed by atoms with Crippen LogP contribution in [0.5, 0.6) is 5.75 Å². The lowest BCUT2D eigenvalue weighted by molar-refractivity contribution is 0.0932. The second-order valence-corrected chi connectivity index (χ2v) is 7.73. The maximum absolute atomic E-state index is 12.7. The second kappa shape index (κ2) is 9.50. The Hall–Kier alpha value is -2.42. The lowest BCUT2D eigenvalue weighted by atomic mass is 10.0. The monoisotopic (exact) mass is 392 g/mol. The van der Waals surface area contributed by atoms with Crippen LogP contribution < -0.4 is 14.8 Å². The van der Waals surface area contributed by atoms with Gasteiger partial charge in [0.05, 0.1) is 13.2 Å². The molecule has 0 radical (unpaired) electrons. The largest absolute Gasteiger partial charge is 0.495 e. The highest BCUT2D eigenvalue weighted by molar-refractivity contribution is 7.89. The van der Waals surface area contributed by atoms with Gasteiger partial charge in [0.1, 0.15) is 10.6 Å². The number of rotatable bonds is 9. The molecule has 0 aliphatic carbocycles. The molecule has 2 aromatic carbocycles. The first kappa shape index (κ1) is 20.9. The van der Waals surface area contributed by atoms with Gasteiger partial charge in [-0.25, -0.2) is 13.1 Å². The van der Waals surface area contributed by atoms with Gasteiger partial charge in [0.25, 0.3) is 5.91 Å². The van der Waals surface area contributed by atoms with E-state index in [1.165, 1.54) is 32.4 Å². The van der Waals surface area contributed by atoms with Crippen molar-refractivity contribution in [2.24, 2.45) is 0 Å². The molecule has 3 N–H and O–H groups in total. The maximum atomic E-state index is 12.7. The van der Waals surface area contributed by atoms with Gasteiger partial charge in [0.2, 0.25) is 10.0 Å². The Morgan fingerprint density at radius 1 is 1.19 bits per heavy atom. The maximum Gasteiger partial charge on any atom is 0.251 e. The summed E-state index contributed by atoms with van der Waals surface area (Å²) >= 11 is 0. The summed E-state index contributed by atoms with van der Waals surface area (Å²) in [6.45, 7) is 0.0201. The first-order valence-corrected chi connectivity index (χ1v) is 9.99. The first-order chi connectivity index (χ1) is 12.9. The number of ether oxygens (including phenoxy) is 1. The second-order valence-electron chi connectivity index (χ2n) is 5.88. The Balaban J connectivity index is 2.31. The van der Waals surface area contributed by atoms with Crippen LogP contribution in [0.15, 0.2) is 53.4 Å². The van der Waals surface area contributed by atoms with E-state index >= 15 is 0 Å². The molecule has 7 nitrogen and oxygen atoms in total. The molecule has 0 heterocycles. The molecule has 8 heteroatoms. The molecule has 1 atom stereocenters. The summed E-state index contributed by atoms with van der Waals surface area (Å²) in [6, 6.07) is 13.4. The molecule has 2 rings (SSSR count). The predicted octanol–water partition coefficient (Wildman–Crippen LogP) is 1.85. The number of nitrogens with one attached hydrogen (secondary N) is 2. The Bertz CT molecular complexity index is 869. The minimum Gasteiger partial charge on any atom is -0.495 e. The predicted molar refractivity (Wildman–Crippen MR) is 102 cm³/mol. The van der Waals surface area contributed by atoms with E-state index < -0.39 is 15.9 Å². The molecule has 0 fully saturated rings. The van der Waals surface area contributed by atoms with E-state index in [2.05, 4.69) is 10.0 Å². The molecule has 0 saturated heterocycles. The van der Waals surface area contributed by atoms with Crippen molar-refractivity contribution in [1.29, 1.82) is 0 Å². The van der Waals surface area contributed by atoms with Crippen LogP contribution in [0, 0.1) is 0 Å². The highest BCUT2D eigenvalue weighted by Crippen LogP contribution is 2.25. The highest BCUT2D eigenvalue weighted by Gasteiger charge is 2.21. The molecule has 0 aromatic heterocycles. The number of sulfonamides is 1. The van der Waals surface area contributed by atoms with Crippen LogP contribution in [0.2, 0.25) is 0 Å². The van der Waals surface area contributed by atoms with Crippen LogP contribution in [0.3, 0.4) is 0 Å². The van der Waals surface area contributed by atoms with Crippen LogP contribution in [0.1, 0.15) is 34.8 Å². The zero-order chi connectivity index (χ0) is 19.9. The number of hydrogen-bond acceptors (Lipinski definition) is 5. The van der Waals surface area contributed by atoms with Gasteiger partial charge < -0.3 is 15.2 Å². The van der Waals surface area contributed by atoms with Crippen LogP contribution in [0.25, 0.3) is 0 Å². The summed E-state index contributed by atoms with van der Waals surface area (Å²) in [5, 5.41) is 12.0. The van der Waals surface area contributed by atoms with Gasteiger partial charge in [-0.3, -0.25) is 4.79 Å². The summed E-state index contributed by atoms with van der Waals surface area (Å²) in [7, 11) is -1.12. The molecule has 0 saturated carbocycles. The lowest BCUT2D eigenvalue weighted by Gasteiger charge is -2.19. The van der Waals surface area contributed by atoms with E-state index in [1.54, 1.807) is 0 Å². The molecule has 0 aliphatic heterocycles. The first-order valence-electron chi connectivity index (χ1n) is 8.51. The van der Waals surface area contributed by atoms with Crippen LogP contribution in [-0.2, 0) is 10.0 Å². The summed E-state index contributed by atoms with van der Waals surface area (Å²) in [5.74, 6) is -0.252. The number of carbonyl (C=O) groups excluding carboxylic acids is 1. The van der Waals surface area contributed by atoms with Gasteiger partial charge in [-0.2, -0.15) is 0 Å². The Morgan fingerprint density at radius 3 is 2.48 bits per heavy atom. The number of amides is 1. The van der Waals surface area contributed by atoms with Crippen LogP contribution >= 0.6 is 0 Å². The molecular weight excluding hydrogens is 368 g/mol. The molecule has 27 heavy (non-hydrogen) atoms. The van der Waals surface area contributed by atoms with Crippen molar-refractivity contribution in [3.63, 3.8) is 0 Å². The Kier molecular flexibility index (Phi) is 7.35. The SMILES string of the molecule is CNS(=O)(=O)c1cc(C(=O)N[C@@H](CCCO)c2ccccc2)ccc1OC. The number of benzene rings is 2. The molecule has 146 valence electrons. The molecule has 0 bridgehead atoms. The van der Waals surface area contributed by atoms with Gasteiger partial charge in [0.15, 0.2) is 0 Å². The topological polar surface area (TPSA) is 105 Å². The van der Waals surface area contributed by atoms with Gasteiger partial charge in [0, 0.05) is 12.2 Å². The van der Waals surface area contributed by atoms with E-state index in [9.17, 15) is 13.2 Å². The number of methoxy groups -OCH3 is 1. The van der Waals surface area contributed by atoms with Crippen molar-refractivity contribution in [1.82, 2.24) is 10.0 Å². The number of carbonyl (C=O) groups is 1. The van der Waals surface area contributed by atoms with Gasteiger partial charge >= 0.3 is 0 Å². The minimum absolute atomic E-state index is 0.0201. The molecule has 0 aliphatic rings. The van der Waals surface area contributed by atoms with Gasteiger partial charge in [-0.1, -0.05) is 30.3 Å². The van der Waals surface area contributed by atoms with E-state index in [0.717, 1.165) is 5.56 Å². The zero-order valence-electron chi connectivity index (χ0n) is 15.3. The summed E-state index contributed by atoms with van der Waals surface area (Å²) < 4.78 is 31.7. The fourth-order valence-electron chi connectivity index (χ4n) is 2.68. The van der Waals surface area contributed by atoms with E-state index in [1.807, 2.05) is 30.3 Å². The summed E-state index contributed by atoms with van der Waals surface area (Å²) in [5.41, 5.74) is 1.12. The average molecular weight is 392 g/mol. The molecular formula is C19H24N2O5S. The fraction of sp³-hybridized carbons (Fsp3) is 0.316. The zero-order valence-corrected chi connectivity index (χ0v) is 16.1. The smallest absolute Gasteiger partial charge is 0.251 e. The van der Waals surface area contributed by atoms with Gasteiger partial charge in [-0.05, 0) is 43.7 Å². The highest BCUT2D eigenvalue weighted by atomic mass is 32.2. The van der Waals surface area contributed by atoms with Crippen LogP contribution in [-0.4, -0.2) is 40.2 Å². The van der Waals surface area contributed by atoms with E-state index in [-0.39, 0.29) is 28.9 Å². The third-order valence-electron chi connectivity index (χ3n) is 4.14. The number of aliphatic hydroxyl groups excluding tert-OH is 1. The van der Waals surface area contributed by atoms with Crippen molar-refractivity contribution < 1.29 is 23.1 Å². The number of hydrogen-bond donors (Lipinski definition) is 3. The molecule has 1 amide bonds. The molecule has 0 spiro atoms. The van der Waals surface area contributed by atoms with Crippen LogP contribution in [0.4, 0.5) is 0 Å². The van der Waals surface area contributed by atoms with E-state index in [4.69, 9.17) is 9.84 Å². The van der Waals surface area contributed by atoms with Crippen molar-refractivity contribution in [3.05, 3.63) is 59.7 Å². The molecule has 2 aromatic rings. The van der Waals surface area contributed by atoms with Crippen molar-refractivity contribution >= 4 is 15.9 Å². The summed E-state index contributed by atoms with van der Waals surface area (Å²) in [6.07, 6.45) is 1.09. The average Bonchev–Trinajstić information content (AvgIpc) is 2.71. The van der Waals surface area contributed by atoms with E-state index in [0.29, 0.717) is 12.8 Å². The normalized spacial score (nSPS) is 12.4. The fourth-order valence-corrected chi connectivity index (χ4v) is 3.60. The Labute approximate surface area is 159 Å². The lowest BCUT2D eigenvalue weighted by Crippen LogP contribution is -2.29. The van der Waals surface area contributed by atoms with Crippen molar-refractivity contribution in [2.75, 3.05) is 20.8 Å². The quantitative estimate of drug-likeness (QED) is 0.604. The summed E-state index contributed by atoms with van der Waals surface area (Å²) in [4.78, 5) is 12.6. The van der Waals surface area contributed by atoms with Gasteiger partial charge in [-0.15, -0.1) is 0 Å². The number of aliphatic hydroxyl groups is 1.